The number of nitrogens with zero attached hydrogens (tertiary/aromatic N) is 1. The second-order valence-electron chi connectivity index (χ2n) is 5.19. The van der Waals surface area contributed by atoms with Crippen molar-refractivity contribution in [1.82, 2.24) is 5.32 Å². The Kier molecular flexibility index (Phi) is 5.38. The summed E-state index contributed by atoms with van der Waals surface area (Å²) < 4.78 is 5.75. The quantitative estimate of drug-likeness (QED) is 0.883. The predicted octanol–water partition coefficient (Wildman–Crippen LogP) is 3.00. The van der Waals surface area contributed by atoms with Crippen molar-refractivity contribution in [2.24, 2.45) is 0 Å². The molecule has 1 N–H and O–H groups in total. The van der Waals surface area contributed by atoms with Gasteiger partial charge in [0.1, 0.15) is 0 Å². The summed E-state index contributed by atoms with van der Waals surface area (Å²) in [6, 6.07) is 10.5. The zero-order chi connectivity index (χ0) is 13.5. The fourth-order valence-electron chi connectivity index (χ4n) is 2.55. The Morgan fingerprint density at radius 1 is 1.37 bits per heavy atom. The maximum Gasteiger partial charge on any atom is 0.0991 e. The monoisotopic (exact) mass is 258 g/mol. The van der Waals surface area contributed by atoms with Crippen molar-refractivity contribution in [2.75, 3.05) is 6.61 Å². The van der Waals surface area contributed by atoms with E-state index in [9.17, 15) is 0 Å². The molecule has 1 heterocycles. The Balaban J connectivity index is 1.79. The Bertz CT molecular complexity index is 419. The number of nitriles is 1. The third-order valence-electron chi connectivity index (χ3n) is 3.66. The van der Waals surface area contributed by atoms with Gasteiger partial charge in [-0.25, -0.2) is 0 Å². The topological polar surface area (TPSA) is 45.0 Å². The number of hydrogen-bond donors (Lipinski definition) is 1. The molecule has 2 rings (SSSR count). The molecule has 2 atom stereocenters. The molecule has 1 aliphatic heterocycles. The highest BCUT2D eigenvalue weighted by Crippen LogP contribution is 2.18. The largest absolute Gasteiger partial charge is 0.378 e. The second kappa shape index (κ2) is 7.28. The highest BCUT2D eigenvalue weighted by Gasteiger charge is 2.21. The van der Waals surface area contributed by atoms with Crippen molar-refractivity contribution in [3.8, 4) is 6.07 Å². The first-order valence-electron chi connectivity index (χ1n) is 7.16. The summed E-state index contributed by atoms with van der Waals surface area (Å²) >= 11 is 0. The summed E-state index contributed by atoms with van der Waals surface area (Å²) in [4.78, 5) is 0. The smallest absolute Gasteiger partial charge is 0.0991 e. The Hall–Kier alpha value is -1.37. The van der Waals surface area contributed by atoms with Gasteiger partial charge in [0.25, 0.3) is 0 Å². The molecule has 0 radical (unpaired) electrons. The normalized spacial score (nSPS) is 22.9. The van der Waals surface area contributed by atoms with Crippen molar-refractivity contribution in [2.45, 2.75) is 51.3 Å². The highest BCUT2D eigenvalue weighted by molar-refractivity contribution is 5.31. The lowest BCUT2D eigenvalue weighted by molar-refractivity contribution is -0.00342. The van der Waals surface area contributed by atoms with Gasteiger partial charge in [-0.3, -0.25) is 0 Å². The molecule has 0 amide bonds. The van der Waals surface area contributed by atoms with E-state index in [-0.39, 0.29) is 0 Å². The van der Waals surface area contributed by atoms with E-state index >= 15 is 0 Å². The Morgan fingerprint density at radius 3 is 2.84 bits per heavy atom. The molecule has 1 aromatic carbocycles. The van der Waals surface area contributed by atoms with E-state index in [1.807, 2.05) is 24.3 Å². The number of rotatable bonds is 5. The highest BCUT2D eigenvalue weighted by atomic mass is 16.5. The molecule has 1 fully saturated rings. The van der Waals surface area contributed by atoms with Crippen LogP contribution < -0.4 is 5.32 Å². The molecule has 102 valence electrons. The van der Waals surface area contributed by atoms with E-state index in [4.69, 9.17) is 10.00 Å². The van der Waals surface area contributed by atoms with E-state index in [1.165, 1.54) is 12.0 Å². The number of ether oxygens (including phenoxy) is 1. The van der Waals surface area contributed by atoms with Crippen LogP contribution >= 0.6 is 0 Å². The van der Waals surface area contributed by atoms with Gasteiger partial charge in [0, 0.05) is 19.2 Å². The molecule has 0 aromatic heterocycles. The molecule has 19 heavy (non-hydrogen) atoms. The molecule has 0 bridgehead atoms. The van der Waals surface area contributed by atoms with Crippen molar-refractivity contribution >= 4 is 0 Å². The summed E-state index contributed by atoms with van der Waals surface area (Å²) in [5.74, 6) is 0. The number of benzene rings is 1. The lowest BCUT2D eigenvalue weighted by Crippen LogP contribution is -2.38. The Morgan fingerprint density at radius 2 is 2.16 bits per heavy atom. The maximum absolute atomic E-state index is 8.76. The van der Waals surface area contributed by atoms with E-state index in [1.54, 1.807) is 0 Å². The fourth-order valence-corrected chi connectivity index (χ4v) is 2.55. The third kappa shape index (κ3) is 4.34. The summed E-state index contributed by atoms with van der Waals surface area (Å²) in [7, 11) is 0. The van der Waals surface area contributed by atoms with Crippen LogP contribution in [0, 0.1) is 11.3 Å². The van der Waals surface area contributed by atoms with Gasteiger partial charge in [-0.05, 0) is 37.0 Å². The van der Waals surface area contributed by atoms with E-state index in [2.05, 4.69) is 18.3 Å². The lowest BCUT2D eigenvalue weighted by atomic mass is 10.00. The van der Waals surface area contributed by atoms with Gasteiger partial charge >= 0.3 is 0 Å². The third-order valence-corrected chi connectivity index (χ3v) is 3.66. The van der Waals surface area contributed by atoms with Crippen LogP contribution in [0.1, 0.15) is 43.7 Å². The average molecular weight is 258 g/mol. The van der Waals surface area contributed by atoms with E-state index in [0.717, 1.165) is 38.0 Å². The molecule has 1 saturated heterocycles. The van der Waals surface area contributed by atoms with Gasteiger partial charge in [-0.2, -0.15) is 5.26 Å². The van der Waals surface area contributed by atoms with Crippen LogP contribution in [0.2, 0.25) is 0 Å². The number of hydrogen-bond acceptors (Lipinski definition) is 3. The van der Waals surface area contributed by atoms with Gasteiger partial charge in [0.05, 0.1) is 17.7 Å². The predicted molar refractivity (Wildman–Crippen MR) is 75.7 cm³/mol. The van der Waals surface area contributed by atoms with Gasteiger partial charge in [0.15, 0.2) is 0 Å². The van der Waals surface area contributed by atoms with Crippen LogP contribution in [-0.4, -0.2) is 18.8 Å². The van der Waals surface area contributed by atoms with Gasteiger partial charge in [-0.15, -0.1) is 0 Å². The van der Waals surface area contributed by atoms with Crippen LogP contribution in [0.4, 0.5) is 0 Å². The van der Waals surface area contributed by atoms with Gasteiger partial charge < -0.3 is 10.1 Å². The van der Waals surface area contributed by atoms with Crippen molar-refractivity contribution in [3.63, 3.8) is 0 Å². The van der Waals surface area contributed by atoms with Crippen LogP contribution in [0.25, 0.3) is 0 Å². The summed E-state index contributed by atoms with van der Waals surface area (Å²) in [5, 5.41) is 12.4. The molecular weight excluding hydrogens is 236 g/mol. The van der Waals surface area contributed by atoms with Crippen LogP contribution in [0.15, 0.2) is 24.3 Å². The molecule has 1 aromatic rings. The van der Waals surface area contributed by atoms with E-state index < -0.39 is 0 Å². The first-order chi connectivity index (χ1) is 9.31. The second-order valence-corrected chi connectivity index (χ2v) is 5.19. The minimum absolute atomic E-state index is 0.428. The molecule has 2 unspecified atom stereocenters. The zero-order valence-corrected chi connectivity index (χ0v) is 11.6. The molecule has 3 heteroatoms. The maximum atomic E-state index is 8.76. The molecule has 0 aliphatic carbocycles. The standard InChI is InChI=1S/C16H22N2O/c1-2-3-16-10-15(8-9-19-16)18-12-14-6-4-13(11-17)5-7-14/h4-7,15-16,18H,2-3,8-10,12H2,1H3. The van der Waals surface area contributed by atoms with Crippen molar-refractivity contribution < 1.29 is 4.74 Å². The SMILES string of the molecule is CCCC1CC(NCc2ccc(C#N)cc2)CCO1. The molecule has 3 nitrogen and oxygen atoms in total. The molecule has 0 spiro atoms. The lowest BCUT2D eigenvalue weighted by Gasteiger charge is -2.30. The van der Waals surface area contributed by atoms with Gasteiger partial charge in [0.2, 0.25) is 0 Å². The summed E-state index contributed by atoms with van der Waals surface area (Å²) in [6.45, 7) is 3.95. The van der Waals surface area contributed by atoms with Gasteiger partial charge in [-0.1, -0.05) is 25.5 Å². The molecule has 1 aliphatic rings. The zero-order valence-electron chi connectivity index (χ0n) is 11.6. The van der Waals surface area contributed by atoms with E-state index in [0.29, 0.717) is 12.1 Å². The van der Waals surface area contributed by atoms with Crippen LogP contribution in [0.3, 0.4) is 0 Å². The summed E-state index contributed by atoms with van der Waals surface area (Å²) in [6.07, 6.45) is 4.99. The molecule has 0 saturated carbocycles. The average Bonchev–Trinajstić information content (AvgIpc) is 2.46. The molecular formula is C16H22N2O. The minimum Gasteiger partial charge on any atom is -0.378 e. The van der Waals surface area contributed by atoms with Crippen molar-refractivity contribution in [1.29, 1.82) is 5.26 Å². The fraction of sp³-hybridized carbons (Fsp3) is 0.562. The van der Waals surface area contributed by atoms with Crippen LogP contribution in [0.5, 0.6) is 0 Å². The summed E-state index contributed by atoms with van der Waals surface area (Å²) in [5.41, 5.74) is 1.95. The van der Waals surface area contributed by atoms with Crippen molar-refractivity contribution in [3.05, 3.63) is 35.4 Å². The Labute approximate surface area is 115 Å². The first-order valence-corrected chi connectivity index (χ1v) is 7.16. The first kappa shape index (κ1) is 14.0. The minimum atomic E-state index is 0.428. The van der Waals surface area contributed by atoms with Crippen LogP contribution in [-0.2, 0) is 11.3 Å². The number of nitrogens with one attached hydrogen (secondary N) is 1.